The summed E-state index contributed by atoms with van der Waals surface area (Å²) in [5.74, 6) is 0.504. The first-order chi connectivity index (χ1) is 14.2. The standard InChI is InChI=1S/C17H14N8O3S/c18-15-16(23-28-22-15)25-13(10-29-12-6-2-1-3-7-12)14(20-24-25)17(26)21-19-9-11-5-4-8-27-11/h1-9H,10H2,(H2,18,22)(H,21,26)/b19-9-. The molecule has 0 aliphatic heterocycles. The van der Waals surface area contributed by atoms with Crippen LogP contribution in [0.15, 0.2) is 67.8 Å². The fourth-order valence-electron chi connectivity index (χ4n) is 2.36. The average molecular weight is 410 g/mol. The van der Waals surface area contributed by atoms with Crippen LogP contribution < -0.4 is 11.2 Å². The van der Waals surface area contributed by atoms with Crippen molar-refractivity contribution in [3.05, 3.63) is 65.9 Å². The molecule has 0 fully saturated rings. The van der Waals surface area contributed by atoms with Gasteiger partial charge in [0.2, 0.25) is 11.6 Å². The summed E-state index contributed by atoms with van der Waals surface area (Å²) < 4.78 is 11.1. The van der Waals surface area contributed by atoms with Gasteiger partial charge < -0.3 is 10.2 Å². The summed E-state index contributed by atoms with van der Waals surface area (Å²) in [6.45, 7) is 0. The highest BCUT2D eigenvalue weighted by Crippen LogP contribution is 2.25. The molecule has 0 bridgehead atoms. The predicted octanol–water partition coefficient (Wildman–Crippen LogP) is 1.88. The normalized spacial score (nSPS) is 11.2. The molecule has 146 valence electrons. The maximum atomic E-state index is 12.6. The highest BCUT2D eigenvalue weighted by atomic mass is 32.2. The van der Waals surface area contributed by atoms with Crippen LogP contribution >= 0.6 is 11.8 Å². The molecule has 4 aromatic rings. The molecular formula is C17H14N8O3S. The summed E-state index contributed by atoms with van der Waals surface area (Å²) >= 11 is 1.50. The molecule has 0 unspecified atom stereocenters. The van der Waals surface area contributed by atoms with Gasteiger partial charge in [0.05, 0.1) is 18.2 Å². The minimum Gasteiger partial charge on any atom is -0.463 e. The third-order valence-electron chi connectivity index (χ3n) is 3.69. The zero-order valence-corrected chi connectivity index (χ0v) is 15.6. The van der Waals surface area contributed by atoms with Gasteiger partial charge in [-0.2, -0.15) is 9.78 Å². The van der Waals surface area contributed by atoms with Gasteiger partial charge in [0, 0.05) is 10.6 Å². The zero-order chi connectivity index (χ0) is 20.1. The van der Waals surface area contributed by atoms with Gasteiger partial charge in [0.15, 0.2) is 5.69 Å². The van der Waals surface area contributed by atoms with Crippen molar-refractivity contribution >= 4 is 29.7 Å². The Morgan fingerprint density at radius 3 is 2.83 bits per heavy atom. The number of aromatic nitrogens is 5. The van der Waals surface area contributed by atoms with E-state index in [1.807, 2.05) is 30.3 Å². The number of carbonyl (C=O) groups excluding carboxylic acids is 1. The van der Waals surface area contributed by atoms with Crippen LogP contribution in [0.4, 0.5) is 5.82 Å². The SMILES string of the molecule is Nc1nonc1-n1nnc(C(=O)N/N=C\c2ccco2)c1CSc1ccccc1. The minimum absolute atomic E-state index is 0.0312. The molecule has 0 radical (unpaired) electrons. The fourth-order valence-corrected chi connectivity index (χ4v) is 3.27. The third kappa shape index (κ3) is 4.16. The van der Waals surface area contributed by atoms with Crippen LogP contribution in [0.5, 0.6) is 0 Å². The molecule has 3 N–H and O–H groups in total. The lowest BCUT2D eigenvalue weighted by molar-refractivity contribution is 0.0949. The van der Waals surface area contributed by atoms with Gasteiger partial charge in [-0.25, -0.2) is 10.1 Å². The second kappa shape index (κ2) is 8.39. The zero-order valence-electron chi connectivity index (χ0n) is 14.8. The number of hydrogen-bond donors (Lipinski definition) is 2. The van der Waals surface area contributed by atoms with Crippen LogP contribution in [0.25, 0.3) is 5.82 Å². The van der Waals surface area contributed by atoms with E-state index < -0.39 is 5.91 Å². The summed E-state index contributed by atoms with van der Waals surface area (Å²) in [5.41, 5.74) is 8.72. The summed E-state index contributed by atoms with van der Waals surface area (Å²) in [5, 5.41) is 19.1. The Morgan fingerprint density at radius 2 is 2.10 bits per heavy atom. The lowest BCUT2D eigenvalue weighted by Crippen LogP contribution is -2.20. The number of nitrogens with two attached hydrogens (primary N) is 1. The van der Waals surface area contributed by atoms with Gasteiger partial charge in [-0.15, -0.1) is 16.9 Å². The molecule has 3 aromatic heterocycles. The number of thioether (sulfide) groups is 1. The van der Waals surface area contributed by atoms with Crippen molar-refractivity contribution in [3.63, 3.8) is 0 Å². The average Bonchev–Trinajstić information content (AvgIpc) is 3.48. The van der Waals surface area contributed by atoms with E-state index in [4.69, 9.17) is 10.2 Å². The summed E-state index contributed by atoms with van der Waals surface area (Å²) in [6.07, 6.45) is 2.88. The van der Waals surface area contributed by atoms with Gasteiger partial charge >= 0.3 is 0 Å². The van der Waals surface area contributed by atoms with Crippen molar-refractivity contribution in [1.29, 1.82) is 0 Å². The van der Waals surface area contributed by atoms with E-state index in [0.717, 1.165) is 4.90 Å². The maximum absolute atomic E-state index is 12.6. The Morgan fingerprint density at radius 1 is 1.24 bits per heavy atom. The maximum Gasteiger partial charge on any atom is 0.293 e. The highest BCUT2D eigenvalue weighted by molar-refractivity contribution is 7.98. The number of nitrogens with one attached hydrogen (secondary N) is 1. The van der Waals surface area contributed by atoms with E-state index in [-0.39, 0.29) is 17.3 Å². The first-order valence-corrected chi connectivity index (χ1v) is 9.28. The number of nitrogens with zero attached hydrogens (tertiary/aromatic N) is 6. The minimum atomic E-state index is -0.544. The molecular weight excluding hydrogens is 396 g/mol. The molecule has 12 heteroatoms. The Balaban J connectivity index is 1.59. The lowest BCUT2D eigenvalue weighted by Gasteiger charge is -2.05. The Bertz CT molecular complexity index is 1120. The first-order valence-electron chi connectivity index (χ1n) is 8.30. The van der Waals surface area contributed by atoms with Crippen molar-refractivity contribution in [2.45, 2.75) is 10.6 Å². The monoisotopic (exact) mass is 410 g/mol. The van der Waals surface area contributed by atoms with Gasteiger partial charge in [0.25, 0.3) is 5.91 Å². The number of amides is 1. The van der Waals surface area contributed by atoms with E-state index in [0.29, 0.717) is 17.2 Å². The first kappa shape index (κ1) is 18.4. The van der Waals surface area contributed by atoms with Crippen LogP contribution in [-0.4, -0.2) is 37.4 Å². The van der Waals surface area contributed by atoms with Gasteiger partial charge in [-0.05, 0) is 34.6 Å². The van der Waals surface area contributed by atoms with E-state index in [1.54, 1.807) is 12.1 Å². The number of hydrogen-bond acceptors (Lipinski definition) is 10. The Labute approximate surface area is 167 Å². The molecule has 29 heavy (non-hydrogen) atoms. The molecule has 0 spiro atoms. The third-order valence-corrected chi connectivity index (χ3v) is 4.72. The van der Waals surface area contributed by atoms with Crippen molar-refractivity contribution in [3.8, 4) is 5.82 Å². The molecule has 11 nitrogen and oxygen atoms in total. The molecule has 0 aliphatic rings. The largest absolute Gasteiger partial charge is 0.463 e. The number of nitrogen functional groups attached to an aromatic ring is 1. The number of carbonyl (C=O) groups is 1. The van der Waals surface area contributed by atoms with E-state index in [9.17, 15) is 4.79 Å². The lowest BCUT2D eigenvalue weighted by atomic mass is 10.3. The van der Waals surface area contributed by atoms with Gasteiger partial charge in [-0.3, -0.25) is 4.79 Å². The highest BCUT2D eigenvalue weighted by Gasteiger charge is 2.24. The van der Waals surface area contributed by atoms with Crippen molar-refractivity contribution in [2.75, 3.05) is 5.73 Å². The van der Waals surface area contributed by atoms with Crippen LogP contribution in [0.2, 0.25) is 0 Å². The van der Waals surface area contributed by atoms with Crippen LogP contribution in [0.3, 0.4) is 0 Å². The number of benzene rings is 1. The molecule has 3 heterocycles. The van der Waals surface area contributed by atoms with E-state index in [2.05, 4.69) is 35.8 Å². The van der Waals surface area contributed by atoms with E-state index in [1.165, 1.54) is 28.9 Å². The number of rotatable bonds is 7. The number of hydrazone groups is 1. The molecule has 0 saturated heterocycles. The number of furan rings is 1. The summed E-state index contributed by atoms with van der Waals surface area (Å²) in [6, 6.07) is 13.1. The molecule has 0 atom stereocenters. The van der Waals surface area contributed by atoms with Crippen LogP contribution in [-0.2, 0) is 5.75 Å². The number of anilines is 1. The fraction of sp³-hybridized carbons (Fsp3) is 0.0588. The Kier molecular flexibility index (Phi) is 5.33. The van der Waals surface area contributed by atoms with Crippen molar-refractivity contribution < 1.29 is 13.8 Å². The second-order valence-electron chi connectivity index (χ2n) is 5.59. The molecule has 1 aromatic carbocycles. The molecule has 0 aliphatic carbocycles. The smallest absolute Gasteiger partial charge is 0.293 e. The van der Waals surface area contributed by atoms with E-state index >= 15 is 0 Å². The predicted molar refractivity (Wildman–Crippen MR) is 103 cm³/mol. The summed E-state index contributed by atoms with van der Waals surface area (Å²) in [4.78, 5) is 13.6. The topological polar surface area (TPSA) is 150 Å². The van der Waals surface area contributed by atoms with Gasteiger partial charge in [0.1, 0.15) is 5.76 Å². The van der Waals surface area contributed by atoms with Crippen LogP contribution in [0.1, 0.15) is 21.9 Å². The van der Waals surface area contributed by atoms with Crippen LogP contribution in [0, 0.1) is 0 Å². The van der Waals surface area contributed by atoms with Crippen molar-refractivity contribution in [2.24, 2.45) is 5.10 Å². The van der Waals surface area contributed by atoms with Crippen molar-refractivity contribution in [1.82, 2.24) is 30.7 Å². The van der Waals surface area contributed by atoms with Gasteiger partial charge in [-0.1, -0.05) is 23.4 Å². The molecule has 1 amide bonds. The second-order valence-corrected chi connectivity index (χ2v) is 6.63. The molecule has 0 saturated carbocycles. The Hall–Kier alpha value is -3.93. The quantitative estimate of drug-likeness (QED) is 0.264. The molecule has 4 rings (SSSR count). The summed E-state index contributed by atoms with van der Waals surface area (Å²) in [7, 11) is 0.